The molecule has 1 rings (SSSR count). The van der Waals surface area contributed by atoms with Gasteiger partial charge in [-0.2, -0.15) is 0 Å². The van der Waals surface area contributed by atoms with E-state index in [9.17, 15) is 0 Å². The number of hydrogen-bond donors (Lipinski definition) is 1. The van der Waals surface area contributed by atoms with Crippen LogP contribution < -0.4 is 10.5 Å². The molecule has 0 saturated heterocycles. The molecule has 15 heavy (non-hydrogen) atoms. The largest absolute Gasteiger partial charge is 0.495 e. The van der Waals surface area contributed by atoms with Crippen molar-refractivity contribution in [1.82, 2.24) is 4.98 Å². The molecule has 0 radical (unpaired) electrons. The number of hydrogen-bond acceptors (Lipinski definition) is 3. The van der Waals surface area contributed by atoms with Gasteiger partial charge in [0.15, 0.2) is 0 Å². The number of nitrogens with two attached hydrogens (primary N) is 1. The first kappa shape index (κ1) is 11.7. The van der Waals surface area contributed by atoms with Gasteiger partial charge in [-0.1, -0.05) is 19.1 Å². The lowest BCUT2D eigenvalue weighted by atomic mass is 10.1. The molecular weight excluding hydrogens is 188 g/mol. The molecule has 1 aromatic heterocycles. The summed E-state index contributed by atoms with van der Waals surface area (Å²) < 4.78 is 5.08. The summed E-state index contributed by atoms with van der Waals surface area (Å²) in [5.41, 5.74) is 6.84. The first-order valence-corrected chi connectivity index (χ1v) is 5.17. The van der Waals surface area contributed by atoms with E-state index >= 15 is 0 Å². The van der Waals surface area contributed by atoms with Gasteiger partial charge in [0, 0.05) is 12.2 Å². The van der Waals surface area contributed by atoms with Crippen LogP contribution in [-0.2, 0) is 0 Å². The average Bonchev–Trinajstić information content (AvgIpc) is 2.29. The zero-order valence-electron chi connectivity index (χ0n) is 9.31. The fourth-order valence-electron chi connectivity index (χ4n) is 1.18. The number of rotatable bonds is 5. The van der Waals surface area contributed by atoms with E-state index in [1.54, 1.807) is 19.5 Å². The van der Waals surface area contributed by atoms with E-state index in [-0.39, 0.29) is 6.04 Å². The summed E-state index contributed by atoms with van der Waals surface area (Å²) in [4.78, 5) is 4.07. The molecule has 3 nitrogen and oxygen atoms in total. The maximum Gasteiger partial charge on any atom is 0.137 e. The highest BCUT2D eigenvalue weighted by Crippen LogP contribution is 2.11. The van der Waals surface area contributed by atoms with Crippen LogP contribution >= 0.6 is 0 Å². The van der Waals surface area contributed by atoms with Gasteiger partial charge in [0.1, 0.15) is 5.75 Å². The van der Waals surface area contributed by atoms with Crippen molar-refractivity contribution in [2.75, 3.05) is 7.11 Å². The van der Waals surface area contributed by atoms with Crippen LogP contribution in [0.3, 0.4) is 0 Å². The second-order valence-corrected chi connectivity index (χ2v) is 3.46. The van der Waals surface area contributed by atoms with Gasteiger partial charge < -0.3 is 10.5 Å². The minimum absolute atomic E-state index is 0.250. The quantitative estimate of drug-likeness (QED) is 0.803. The molecule has 0 aromatic carbocycles. The van der Waals surface area contributed by atoms with Gasteiger partial charge in [0.2, 0.25) is 0 Å². The molecule has 1 unspecified atom stereocenters. The van der Waals surface area contributed by atoms with Gasteiger partial charge in [-0.05, 0) is 24.5 Å². The molecule has 2 N–H and O–H groups in total. The number of pyridine rings is 1. The highest BCUT2D eigenvalue weighted by molar-refractivity contribution is 5.49. The van der Waals surface area contributed by atoms with Crippen molar-refractivity contribution in [1.29, 1.82) is 0 Å². The lowest BCUT2D eigenvalue weighted by Gasteiger charge is -2.03. The molecule has 0 aliphatic heterocycles. The molecule has 0 saturated carbocycles. The topological polar surface area (TPSA) is 48.1 Å². The minimum atomic E-state index is 0.250. The van der Waals surface area contributed by atoms with Crippen LogP contribution in [0.2, 0.25) is 0 Å². The molecule has 0 amide bonds. The lowest BCUT2D eigenvalue weighted by Crippen LogP contribution is -2.16. The fourth-order valence-corrected chi connectivity index (χ4v) is 1.18. The standard InChI is InChI=1S/C12H18N2O/c1-3-11(13)6-4-5-10-7-12(15-2)9-14-8-10/h4-5,7-9,11H,3,6,13H2,1-2H3/b5-4+. The van der Waals surface area contributed by atoms with Gasteiger partial charge in [0.25, 0.3) is 0 Å². The summed E-state index contributed by atoms with van der Waals surface area (Å²) in [6.45, 7) is 2.09. The van der Waals surface area contributed by atoms with E-state index < -0.39 is 0 Å². The first-order valence-electron chi connectivity index (χ1n) is 5.17. The van der Waals surface area contributed by atoms with Gasteiger partial charge in [-0.15, -0.1) is 0 Å². The van der Waals surface area contributed by atoms with Crippen LogP contribution in [0.5, 0.6) is 5.75 Å². The Morgan fingerprint density at radius 2 is 2.33 bits per heavy atom. The van der Waals surface area contributed by atoms with E-state index in [4.69, 9.17) is 10.5 Å². The molecule has 0 bridgehead atoms. The average molecular weight is 206 g/mol. The Bertz CT molecular complexity index is 323. The lowest BCUT2D eigenvalue weighted by molar-refractivity contribution is 0.413. The van der Waals surface area contributed by atoms with E-state index in [2.05, 4.69) is 18.0 Å². The Hall–Kier alpha value is -1.35. The number of nitrogens with zero attached hydrogens (tertiary/aromatic N) is 1. The Balaban J connectivity index is 2.56. The summed E-state index contributed by atoms with van der Waals surface area (Å²) in [5, 5.41) is 0. The van der Waals surface area contributed by atoms with Crippen LogP contribution in [0.25, 0.3) is 6.08 Å². The zero-order valence-corrected chi connectivity index (χ0v) is 9.31. The molecule has 1 atom stereocenters. The summed E-state index contributed by atoms with van der Waals surface area (Å²) in [5.74, 6) is 0.775. The predicted molar refractivity (Wildman–Crippen MR) is 62.7 cm³/mol. The molecular formula is C12H18N2O. The van der Waals surface area contributed by atoms with Crippen molar-refractivity contribution in [2.24, 2.45) is 5.73 Å². The predicted octanol–water partition coefficient (Wildman–Crippen LogP) is 2.23. The van der Waals surface area contributed by atoms with Gasteiger partial charge in [-0.25, -0.2) is 0 Å². The van der Waals surface area contributed by atoms with E-state index in [0.717, 1.165) is 24.2 Å². The summed E-state index contributed by atoms with van der Waals surface area (Å²) in [6, 6.07) is 2.20. The van der Waals surface area contributed by atoms with Crippen LogP contribution in [0.15, 0.2) is 24.5 Å². The normalized spacial score (nSPS) is 13.0. The third kappa shape index (κ3) is 4.13. The second-order valence-electron chi connectivity index (χ2n) is 3.46. The highest BCUT2D eigenvalue weighted by Gasteiger charge is 1.95. The molecule has 1 heterocycles. The highest BCUT2D eigenvalue weighted by atomic mass is 16.5. The monoisotopic (exact) mass is 206 g/mol. The number of aromatic nitrogens is 1. The second kappa shape index (κ2) is 6.19. The molecule has 0 aliphatic rings. The third-order valence-corrected chi connectivity index (χ3v) is 2.24. The van der Waals surface area contributed by atoms with Crippen LogP contribution in [-0.4, -0.2) is 18.1 Å². The Kier molecular flexibility index (Phi) is 4.84. The van der Waals surface area contributed by atoms with Crippen molar-refractivity contribution in [3.8, 4) is 5.75 Å². The molecule has 82 valence electrons. The summed E-state index contributed by atoms with van der Waals surface area (Å²) in [6.07, 6.45) is 9.48. The molecule has 3 heteroatoms. The maximum absolute atomic E-state index is 5.80. The zero-order chi connectivity index (χ0) is 11.1. The van der Waals surface area contributed by atoms with Crippen molar-refractivity contribution >= 4 is 6.08 Å². The van der Waals surface area contributed by atoms with Crippen molar-refractivity contribution in [2.45, 2.75) is 25.8 Å². The van der Waals surface area contributed by atoms with E-state index in [1.165, 1.54) is 0 Å². The van der Waals surface area contributed by atoms with Gasteiger partial charge in [-0.3, -0.25) is 4.98 Å². The number of ether oxygens (including phenoxy) is 1. The molecule has 0 spiro atoms. The molecule has 1 aromatic rings. The SMILES string of the molecule is CCC(N)C/C=C/c1cncc(OC)c1. The van der Waals surface area contributed by atoms with Crippen molar-refractivity contribution < 1.29 is 4.74 Å². The Morgan fingerprint density at radius 3 is 3.00 bits per heavy atom. The minimum Gasteiger partial charge on any atom is -0.495 e. The van der Waals surface area contributed by atoms with Gasteiger partial charge >= 0.3 is 0 Å². The Labute approximate surface area is 91.0 Å². The Morgan fingerprint density at radius 1 is 1.53 bits per heavy atom. The summed E-state index contributed by atoms with van der Waals surface area (Å²) >= 11 is 0. The van der Waals surface area contributed by atoms with Crippen LogP contribution in [0, 0.1) is 0 Å². The summed E-state index contributed by atoms with van der Waals surface area (Å²) in [7, 11) is 1.64. The van der Waals surface area contributed by atoms with Crippen molar-refractivity contribution in [3.63, 3.8) is 0 Å². The van der Waals surface area contributed by atoms with Crippen LogP contribution in [0.1, 0.15) is 25.3 Å². The maximum atomic E-state index is 5.80. The van der Waals surface area contributed by atoms with E-state index in [0.29, 0.717) is 0 Å². The fraction of sp³-hybridized carbons (Fsp3) is 0.417. The van der Waals surface area contributed by atoms with Gasteiger partial charge in [0.05, 0.1) is 13.3 Å². The van der Waals surface area contributed by atoms with E-state index in [1.807, 2.05) is 12.1 Å². The molecule has 0 aliphatic carbocycles. The number of methoxy groups -OCH3 is 1. The van der Waals surface area contributed by atoms with Crippen LogP contribution in [0.4, 0.5) is 0 Å². The smallest absolute Gasteiger partial charge is 0.137 e. The first-order chi connectivity index (χ1) is 7.26. The van der Waals surface area contributed by atoms with Crippen molar-refractivity contribution in [3.05, 3.63) is 30.1 Å². The molecule has 0 fully saturated rings. The third-order valence-electron chi connectivity index (χ3n) is 2.24.